The van der Waals surface area contributed by atoms with Crippen molar-refractivity contribution in [3.05, 3.63) is 35.4 Å². The van der Waals surface area contributed by atoms with Crippen molar-refractivity contribution in [1.29, 1.82) is 0 Å². The average Bonchev–Trinajstić information content (AvgIpc) is 2.62. The third kappa shape index (κ3) is 4.45. The number of amides is 1. The molecule has 0 spiro atoms. The van der Waals surface area contributed by atoms with Crippen LogP contribution in [0.1, 0.15) is 56.6 Å². The Hall–Kier alpha value is -1.43. The molecule has 26 heavy (non-hydrogen) atoms. The number of rotatable bonds is 5. The number of nitrogens with zero attached hydrogens (tertiary/aromatic N) is 2. The number of hydrogen-bond acceptors (Lipinski definition) is 4. The number of aliphatic hydroxyl groups excluding tert-OH is 1. The Morgan fingerprint density at radius 3 is 2.42 bits per heavy atom. The van der Waals surface area contributed by atoms with Crippen LogP contribution in [-0.2, 0) is 11.3 Å². The van der Waals surface area contributed by atoms with Crippen LogP contribution in [0.3, 0.4) is 0 Å². The molecule has 1 aromatic carbocycles. The maximum atomic E-state index is 13.0. The molecule has 2 heterocycles. The number of carbonyl (C=O) groups excluding carboxylic acids is 1. The lowest BCUT2D eigenvalue weighted by Crippen LogP contribution is -2.59. The number of piperidine rings is 2. The number of likely N-dealkylation sites (tertiary alicyclic amines) is 2. The highest BCUT2D eigenvalue weighted by Crippen LogP contribution is 2.27. The van der Waals surface area contributed by atoms with Crippen molar-refractivity contribution in [3.63, 3.8) is 0 Å². The SMILES string of the molecule is CC(C)c1ccc(CN2CCCC(O)(CN3CCC(O)CC3)C2=O)cc1. The third-order valence-electron chi connectivity index (χ3n) is 5.77. The summed E-state index contributed by atoms with van der Waals surface area (Å²) < 4.78 is 0. The number of benzene rings is 1. The normalized spacial score (nSPS) is 25.9. The summed E-state index contributed by atoms with van der Waals surface area (Å²) in [5, 5.41) is 20.7. The summed E-state index contributed by atoms with van der Waals surface area (Å²) in [6.45, 7) is 7.46. The molecule has 0 saturated carbocycles. The van der Waals surface area contributed by atoms with E-state index >= 15 is 0 Å². The molecule has 2 N–H and O–H groups in total. The van der Waals surface area contributed by atoms with E-state index in [1.54, 1.807) is 4.90 Å². The second-order valence-electron chi connectivity index (χ2n) is 8.27. The second-order valence-corrected chi connectivity index (χ2v) is 8.27. The fourth-order valence-electron chi connectivity index (χ4n) is 4.04. The molecule has 2 aliphatic heterocycles. The van der Waals surface area contributed by atoms with Crippen molar-refractivity contribution in [2.45, 2.75) is 63.7 Å². The Bertz CT molecular complexity index is 608. The third-order valence-corrected chi connectivity index (χ3v) is 5.77. The van der Waals surface area contributed by atoms with Gasteiger partial charge in [-0.15, -0.1) is 0 Å². The molecule has 2 fully saturated rings. The lowest BCUT2D eigenvalue weighted by molar-refractivity contribution is -0.160. The summed E-state index contributed by atoms with van der Waals surface area (Å²) in [5.74, 6) is 0.344. The van der Waals surface area contributed by atoms with Crippen LogP contribution in [0, 0.1) is 0 Å². The van der Waals surface area contributed by atoms with Gasteiger partial charge in [-0.25, -0.2) is 0 Å². The van der Waals surface area contributed by atoms with Crippen molar-refractivity contribution in [2.24, 2.45) is 0 Å². The van der Waals surface area contributed by atoms with E-state index in [2.05, 4.69) is 43.0 Å². The van der Waals surface area contributed by atoms with Gasteiger partial charge in [0.2, 0.25) is 0 Å². The van der Waals surface area contributed by atoms with Gasteiger partial charge in [0.15, 0.2) is 5.60 Å². The molecular weight excluding hydrogens is 328 g/mol. The molecule has 0 aromatic heterocycles. The van der Waals surface area contributed by atoms with Gasteiger partial charge in [-0.05, 0) is 42.7 Å². The first kappa shape index (κ1) is 19.3. The summed E-state index contributed by atoms with van der Waals surface area (Å²) in [6, 6.07) is 8.42. The minimum absolute atomic E-state index is 0.150. The Morgan fingerprint density at radius 1 is 1.15 bits per heavy atom. The van der Waals surface area contributed by atoms with Crippen molar-refractivity contribution in [2.75, 3.05) is 26.2 Å². The second kappa shape index (κ2) is 8.07. The first-order valence-electron chi connectivity index (χ1n) is 9.88. The number of hydrogen-bond donors (Lipinski definition) is 2. The average molecular weight is 360 g/mol. The van der Waals surface area contributed by atoms with Gasteiger partial charge in [-0.2, -0.15) is 0 Å². The highest BCUT2D eigenvalue weighted by atomic mass is 16.3. The summed E-state index contributed by atoms with van der Waals surface area (Å²) >= 11 is 0. The summed E-state index contributed by atoms with van der Waals surface area (Å²) in [4.78, 5) is 16.9. The van der Waals surface area contributed by atoms with Gasteiger partial charge in [0.25, 0.3) is 5.91 Å². The summed E-state index contributed by atoms with van der Waals surface area (Å²) in [7, 11) is 0. The first-order chi connectivity index (χ1) is 12.4. The lowest BCUT2D eigenvalue weighted by atomic mass is 9.90. The minimum atomic E-state index is -1.29. The molecule has 0 bridgehead atoms. The predicted octanol–water partition coefficient (Wildman–Crippen LogP) is 2.12. The molecule has 1 aromatic rings. The quantitative estimate of drug-likeness (QED) is 0.844. The zero-order valence-corrected chi connectivity index (χ0v) is 16.0. The molecule has 1 unspecified atom stereocenters. The number of aliphatic hydroxyl groups is 2. The van der Waals surface area contributed by atoms with Gasteiger partial charge < -0.3 is 15.1 Å². The van der Waals surface area contributed by atoms with Crippen LogP contribution in [-0.4, -0.2) is 63.8 Å². The lowest BCUT2D eigenvalue weighted by Gasteiger charge is -2.42. The van der Waals surface area contributed by atoms with E-state index in [1.165, 1.54) is 5.56 Å². The van der Waals surface area contributed by atoms with Crippen LogP contribution in [0.25, 0.3) is 0 Å². The highest BCUT2D eigenvalue weighted by molar-refractivity contribution is 5.86. The van der Waals surface area contributed by atoms with Gasteiger partial charge in [0.05, 0.1) is 6.10 Å². The van der Waals surface area contributed by atoms with Gasteiger partial charge in [0, 0.05) is 32.7 Å². The first-order valence-corrected chi connectivity index (χ1v) is 9.88. The van der Waals surface area contributed by atoms with Crippen LogP contribution in [0.2, 0.25) is 0 Å². The van der Waals surface area contributed by atoms with Crippen LogP contribution >= 0.6 is 0 Å². The molecule has 5 heteroatoms. The summed E-state index contributed by atoms with van der Waals surface area (Å²) in [6.07, 6.45) is 2.54. The van der Waals surface area contributed by atoms with Crippen LogP contribution in [0.15, 0.2) is 24.3 Å². The Morgan fingerprint density at radius 2 is 1.81 bits per heavy atom. The highest BCUT2D eigenvalue weighted by Gasteiger charge is 2.43. The van der Waals surface area contributed by atoms with Crippen molar-refractivity contribution >= 4 is 5.91 Å². The molecule has 2 saturated heterocycles. The van der Waals surface area contributed by atoms with Crippen molar-refractivity contribution in [3.8, 4) is 0 Å². The maximum absolute atomic E-state index is 13.0. The topological polar surface area (TPSA) is 64.0 Å². The molecular formula is C21H32N2O3. The largest absolute Gasteiger partial charge is 0.393 e. The smallest absolute Gasteiger partial charge is 0.256 e. The van der Waals surface area contributed by atoms with E-state index in [1.807, 2.05) is 0 Å². The monoisotopic (exact) mass is 360 g/mol. The molecule has 5 nitrogen and oxygen atoms in total. The number of carbonyl (C=O) groups is 1. The van der Waals surface area contributed by atoms with E-state index in [-0.39, 0.29) is 12.0 Å². The minimum Gasteiger partial charge on any atom is -0.393 e. The molecule has 2 aliphatic rings. The van der Waals surface area contributed by atoms with Gasteiger partial charge >= 0.3 is 0 Å². The fourth-order valence-corrected chi connectivity index (χ4v) is 4.04. The molecule has 1 atom stereocenters. The van der Waals surface area contributed by atoms with Gasteiger partial charge in [-0.1, -0.05) is 38.1 Å². The Balaban J connectivity index is 1.63. The fraction of sp³-hybridized carbons (Fsp3) is 0.667. The van der Waals surface area contributed by atoms with Gasteiger partial charge in [-0.3, -0.25) is 9.69 Å². The van der Waals surface area contributed by atoms with Gasteiger partial charge in [0.1, 0.15) is 0 Å². The van der Waals surface area contributed by atoms with Crippen LogP contribution in [0.5, 0.6) is 0 Å². The standard InChI is InChI=1S/C21H32N2O3/c1-16(2)18-6-4-17(5-7-18)14-23-11-3-10-21(26,20(23)25)15-22-12-8-19(24)9-13-22/h4-7,16,19,24,26H,3,8-15H2,1-2H3. The zero-order valence-electron chi connectivity index (χ0n) is 16.0. The van der Waals surface area contributed by atoms with Crippen molar-refractivity contribution in [1.82, 2.24) is 9.80 Å². The molecule has 144 valence electrons. The predicted molar refractivity (Wildman–Crippen MR) is 102 cm³/mol. The van der Waals surface area contributed by atoms with E-state index in [0.717, 1.165) is 37.9 Å². The van der Waals surface area contributed by atoms with Crippen LogP contribution < -0.4 is 0 Å². The van der Waals surface area contributed by atoms with E-state index in [4.69, 9.17) is 0 Å². The van der Waals surface area contributed by atoms with Crippen molar-refractivity contribution < 1.29 is 15.0 Å². The Kier molecular flexibility index (Phi) is 6.00. The summed E-state index contributed by atoms with van der Waals surface area (Å²) in [5.41, 5.74) is 1.11. The van der Waals surface area contributed by atoms with E-state index in [0.29, 0.717) is 32.0 Å². The molecule has 1 amide bonds. The number of β-amino-alcohol motifs (C(OH)–C–C–N with tert-alkyl or cyclic N) is 1. The maximum Gasteiger partial charge on any atom is 0.256 e. The zero-order chi connectivity index (χ0) is 18.7. The van der Waals surface area contributed by atoms with E-state index in [9.17, 15) is 15.0 Å². The Labute approximate surface area is 156 Å². The molecule has 0 radical (unpaired) electrons. The molecule has 0 aliphatic carbocycles. The van der Waals surface area contributed by atoms with E-state index < -0.39 is 5.60 Å². The molecule has 3 rings (SSSR count). The van der Waals surface area contributed by atoms with Crippen LogP contribution in [0.4, 0.5) is 0 Å².